The second-order valence-corrected chi connectivity index (χ2v) is 7.17. The Bertz CT molecular complexity index is 1240. The van der Waals surface area contributed by atoms with E-state index in [1.807, 2.05) is 0 Å². The zero-order valence-corrected chi connectivity index (χ0v) is 17.2. The van der Waals surface area contributed by atoms with Crippen LogP contribution in [-0.2, 0) is 11.3 Å². The van der Waals surface area contributed by atoms with Crippen molar-refractivity contribution in [2.45, 2.75) is 6.54 Å². The topological polar surface area (TPSA) is 112 Å². The molecular formula is C20H14Cl2N4O5. The molecule has 0 unspecified atom stereocenters. The maximum absolute atomic E-state index is 12.8. The Hall–Kier alpha value is -3.56. The van der Waals surface area contributed by atoms with Crippen LogP contribution < -0.4 is 25.7 Å². The van der Waals surface area contributed by atoms with Crippen molar-refractivity contribution in [1.29, 1.82) is 0 Å². The van der Waals surface area contributed by atoms with Crippen LogP contribution in [0, 0.1) is 0 Å². The third-order valence-corrected chi connectivity index (χ3v) is 5.06. The average molecular weight is 461 g/mol. The van der Waals surface area contributed by atoms with Crippen LogP contribution in [0.2, 0.25) is 10.0 Å². The molecule has 0 spiro atoms. The van der Waals surface area contributed by atoms with E-state index in [1.54, 1.807) is 42.5 Å². The zero-order chi connectivity index (χ0) is 22.0. The van der Waals surface area contributed by atoms with Crippen molar-refractivity contribution in [1.82, 2.24) is 9.78 Å². The molecule has 158 valence electrons. The van der Waals surface area contributed by atoms with Gasteiger partial charge in [-0.05, 0) is 24.3 Å². The summed E-state index contributed by atoms with van der Waals surface area (Å²) in [6.45, 7) is -0.286. The Balaban J connectivity index is 1.49. The van der Waals surface area contributed by atoms with Gasteiger partial charge < -0.3 is 20.1 Å². The number of para-hydroxylation sites is 1. The summed E-state index contributed by atoms with van der Waals surface area (Å²) in [5.74, 6) is 0.103. The summed E-state index contributed by atoms with van der Waals surface area (Å²) >= 11 is 11.5. The van der Waals surface area contributed by atoms with Gasteiger partial charge in [0.2, 0.25) is 12.7 Å². The Labute approximate surface area is 185 Å². The van der Waals surface area contributed by atoms with Gasteiger partial charge in [0.15, 0.2) is 11.5 Å². The number of fused-ring (bicyclic) bond motifs is 1. The number of halogens is 2. The standard InChI is InChI=1S/C20H14Cl2N4O5/c21-13-8-23-26(20(29)18(13)22)9-17(27)25-14-4-2-1-3-12(14)19(28)24-11-5-6-15-16(7-11)31-10-30-15/h1-8H,9-10H2,(H,24,28)(H,25,27). The lowest BCUT2D eigenvalue weighted by atomic mass is 10.1. The van der Waals surface area contributed by atoms with Crippen LogP contribution in [0.25, 0.3) is 0 Å². The summed E-state index contributed by atoms with van der Waals surface area (Å²) < 4.78 is 11.4. The number of carbonyl (C=O) groups excluding carboxylic acids is 2. The highest BCUT2D eigenvalue weighted by molar-refractivity contribution is 6.41. The van der Waals surface area contributed by atoms with Crippen molar-refractivity contribution in [2.75, 3.05) is 17.4 Å². The van der Waals surface area contributed by atoms with E-state index in [0.29, 0.717) is 17.2 Å². The Morgan fingerprint density at radius 2 is 1.84 bits per heavy atom. The molecule has 0 radical (unpaired) electrons. The average Bonchev–Trinajstić information content (AvgIpc) is 3.22. The molecule has 0 saturated carbocycles. The number of carbonyl (C=O) groups is 2. The first-order valence-corrected chi connectivity index (χ1v) is 9.69. The van der Waals surface area contributed by atoms with E-state index in [9.17, 15) is 14.4 Å². The maximum Gasteiger partial charge on any atom is 0.287 e. The van der Waals surface area contributed by atoms with E-state index in [1.165, 1.54) is 6.20 Å². The van der Waals surface area contributed by atoms with Crippen molar-refractivity contribution in [3.63, 3.8) is 0 Å². The molecule has 1 aliphatic heterocycles. The molecule has 2 N–H and O–H groups in total. The van der Waals surface area contributed by atoms with Gasteiger partial charge in [-0.15, -0.1) is 0 Å². The van der Waals surface area contributed by atoms with Gasteiger partial charge in [-0.3, -0.25) is 14.4 Å². The van der Waals surface area contributed by atoms with Gasteiger partial charge in [0, 0.05) is 11.8 Å². The Morgan fingerprint density at radius 3 is 2.68 bits per heavy atom. The van der Waals surface area contributed by atoms with Crippen LogP contribution in [0.1, 0.15) is 10.4 Å². The van der Waals surface area contributed by atoms with Crippen LogP contribution in [-0.4, -0.2) is 28.4 Å². The largest absolute Gasteiger partial charge is 0.454 e. The number of anilines is 2. The van der Waals surface area contributed by atoms with Gasteiger partial charge in [0.25, 0.3) is 11.5 Å². The fourth-order valence-corrected chi connectivity index (χ4v) is 3.12. The lowest BCUT2D eigenvalue weighted by molar-refractivity contribution is -0.117. The molecule has 9 nitrogen and oxygen atoms in total. The third kappa shape index (κ3) is 4.47. The molecule has 0 aliphatic carbocycles. The van der Waals surface area contributed by atoms with E-state index in [-0.39, 0.29) is 28.1 Å². The molecule has 2 aromatic carbocycles. The fraction of sp³-hybridized carbons (Fsp3) is 0.100. The molecule has 4 rings (SSSR count). The van der Waals surface area contributed by atoms with E-state index in [4.69, 9.17) is 32.7 Å². The number of benzene rings is 2. The van der Waals surface area contributed by atoms with Gasteiger partial charge in [-0.25, -0.2) is 4.68 Å². The van der Waals surface area contributed by atoms with Crippen LogP contribution in [0.5, 0.6) is 11.5 Å². The van der Waals surface area contributed by atoms with Gasteiger partial charge in [0.1, 0.15) is 11.6 Å². The molecule has 0 fully saturated rings. The van der Waals surface area contributed by atoms with Crippen LogP contribution >= 0.6 is 23.2 Å². The quantitative estimate of drug-likeness (QED) is 0.604. The van der Waals surface area contributed by atoms with Gasteiger partial charge in [-0.2, -0.15) is 5.10 Å². The Kier molecular flexibility index (Phi) is 5.79. The summed E-state index contributed by atoms with van der Waals surface area (Å²) in [7, 11) is 0. The highest BCUT2D eigenvalue weighted by Gasteiger charge is 2.18. The third-order valence-electron chi connectivity index (χ3n) is 4.31. The minimum absolute atomic E-state index is 0.00569. The minimum atomic E-state index is -0.696. The van der Waals surface area contributed by atoms with E-state index >= 15 is 0 Å². The van der Waals surface area contributed by atoms with Crippen LogP contribution in [0.15, 0.2) is 53.5 Å². The molecular weight excluding hydrogens is 447 g/mol. The van der Waals surface area contributed by atoms with Gasteiger partial charge in [-0.1, -0.05) is 35.3 Å². The van der Waals surface area contributed by atoms with E-state index in [0.717, 1.165) is 4.68 Å². The number of rotatable bonds is 5. The number of nitrogens with zero attached hydrogens (tertiary/aromatic N) is 2. The first-order chi connectivity index (χ1) is 14.9. The first-order valence-electron chi connectivity index (χ1n) is 8.93. The van der Waals surface area contributed by atoms with Gasteiger partial charge in [0.05, 0.1) is 22.5 Å². The number of amides is 2. The van der Waals surface area contributed by atoms with Gasteiger partial charge >= 0.3 is 0 Å². The molecule has 2 heterocycles. The summed E-state index contributed by atoms with van der Waals surface area (Å²) in [5, 5.41) is 8.91. The number of ether oxygens (including phenoxy) is 2. The highest BCUT2D eigenvalue weighted by atomic mass is 35.5. The predicted octanol–water partition coefficient (Wildman–Crippen LogP) is 3.17. The molecule has 1 aliphatic rings. The van der Waals surface area contributed by atoms with Crippen LogP contribution in [0.4, 0.5) is 11.4 Å². The van der Waals surface area contributed by atoms with E-state index in [2.05, 4.69) is 15.7 Å². The monoisotopic (exact) mass is 460 g/mol. The summed E-state index contributed by atoms with van der Waals surface area (Å²) in [6, 6.07) is 11.5. The molecule has 3 aromatic rings. The van der Waals surface area contributed by atoms with Crippen molar-refractivity contribution in [3.05, 3.63) is 74.6 Å². The lowest BCUT2D eigenvalue weighted by Gasteiger charge is -2.12. The molecule has 2 amide bonds. The normalized spacial score (nSPS) is 11.8. The SMILES string of the molecule is O=C(Cn1ncc(Cl)c(Cl)c1=O)Nc1ccccc1C(=O)Nc1ccc2c(c1)OCO2. The van der Waals surface area contributed by atoms with Crippen LogP contribution in [0.3, 0.4) is 0 Å². The number of hydrogen-bond acceptors (Lipinski definition) is 6. The zero-order valence-electron chi connectivity index (χ0n) is 15.7. The summed E-state index contributed by atoms with van der Waals surface area (Å²) in [6.07, 6.45) is 1.17. The molecule has 1 aromatic heterocycles. The predicted molar refractivity (Wildman–Crippen MR) is 114 cm³/mol. The summed E-state index contributed by atoms with van der Waals surface area (Å²) in [5.41, 5.74) is 0.293. The molecule has 31 heavy (non-hydrogen) atoms. The maximum atomic E-state index is 12.8. The second kappa shape index (κ2) is 8.66. The minimum Gasteiger partial charge on any atom is -0.454 e. The first kappa shape index (κ1) is 20.7. The number of hydrogen-bond donors (Lipinski definition) is 2. The van der Waals surface area contributed by atoms with E-state index < -0.39 is 23.9 Å². The fourth-order valence-electron chi connectivity index (χ4n) is 2.85. The van der Waals surface area contributed by atoms with Crippen molar-refractivity contribution in [3.8, 4) is 11.5 Å². The van der Waals surface area contributed by atoms with Crippen molar-refractivity contribution >= 4 is 46.4 Å². The number of aromatic nitrogens is 2. The summed E-state index contributed by atoms with van der Waals surface area (Å²) in [4.78, 5) is 37.3. The second-order valence-electron chi connectivity index (χ2n) is 6.39. The number of nitrogens with one attached hydrogen (secondary N) is 2. The molecule has 0 atom stereocenters. The molecule has 11 heteroatoms. The Morgan fingerprint density at radius 1 is 1.06 bits per heavy atom. The lowest BCUT2D eigenvalue weighted by Crippen LogP contribution is -2.30. The van der Waals surface area contributed by atoms with Crippen molar-refractivity contribution < 1.29 is 19.1 Å². The van der Waals surface area contributed by atoms with Crippen molar-refractivity contribution in [2.24, 2.45) is 0 Å². The molecule has 0 saturated heterocycles. The highest BCUT2D eigenvalue weighted by Crippen LogP contribution is 2.34. The molecule has 0 bridgehead atoms. The smallest absolute Gasteiger partial charge is 0.287 e.